The molecule has 0 aliphatic carbocycles. The van der Waals surface area contributed by atoms with E-state index in [0.717, 1.165) is 50.2 Å². The van der Waals surface area contributed by atoms with Crippen molar-refractivity contribution in [2.45, 2.75) is 6.54 Å². The number of oxazole rings is 1. The number of aromatic nitrogens is 1. The summed E-state index contributed by atoms with van der Waals surface area (Å²) in [4.78, 5) is 28.9. The fourth-order valence-electron chi connectivity index (χ4n) is 3.69. The molecule has 3 heterocycles. The van der Waals surface area contributed by atoms with Crippen LogP contribution in [0.3, 0.4) is 0 Å². The van der Waals surface area contributed by atoms with Crippen molar-refractivity contribution in [1.82, 2.24) is 14.8 Å². The molecule has 2 aliphatic rings. The van der Waals surface area contributed by atoms with E-state index in [4.69, 9.17) is 4.42 Å². The summed E-state index contributed by atoms with van der Waals surface area (Å²) < 4.78 is 5.10. The SMILES string of the molecule is O=CN1CC2CN(Cc3ccc4[nH]c(=O)oc4c3)CC2C1. The number of hydrogen-bond donors (Lipinski definition) is 1. The van der Waals surface area contributed by atoms with E-state index in [-0.39, 0.29) is 0 Å². The van der Waals surface area contributed by atoms with E-state index in [1.54, 1.807) is 0 Å². The lowest BCUT2D eigenvalue weighted by atomic mass is 10.0. The smallest absolute Gasteiger partial charge is 0.408 e. The molecule has 1 aromatic heterocycles. The quantitative estimate of drug-likeness (QED) is 0.841. The Hall–Kier alpha value is -2.08. The molecule has 0 radical (unpaired) electrons. The van der Waals surface area contributed by atoms with Gasteiger partial charge in [-0.1, -0.05) is 6.07 Å². The van der Waals surface area contributed by atoms with Crippen LogP contribution in [0.1, 0.15) is 5.56 Å². The molecule has 2 aromatic rings. The van der Waals surface area contributed by atoms with E-state index in [2.05, 4.69) is 9.88 Å². The average molecular weight is 287 g/mol. The number of carbonyl (C=O) groups excluding carboxylic acids is 1. The molecule has 2 aliphatic heterocycles. The second-order valence-corrected chi connectivity index (χ2v) is 6.12. The summed E-state index contributed by atoms with van der Waals surface area (Å²) in [6.07, 6.45) is 0.963. The van der Waals surface area contributed by atoms with Crippen LogP contribution in [0.15, 0.2) is 27.4 Å². The van der Waals surface area contributed by atoms with Gasteiger partial charge in [0.25, 0.3) is 0 Å². The largest absolute Gasteiger partial charge is 0.417 e. The van der Waals surface area contributed by atoms with E-state index < -0.39 is 5.76 Å². The minimum absolute atomic E-state index is 0.410. The van der Waals surface area contributed by atoms with Crippen molar-refractivity contribution in [3.63, 3.8) is 0 Å². The Labute approximate surface area is 121 Å². The van der Waals surface area contributed by atoms with Gasteiger partial charge in [0.1, 0.15) is 0 Å². The molecule has 1 amide bonds. The van der Waals surface area contributed by atoms with E-state index in [1.807, 2.05) is 23.1 Å². The number of aromatic amines is 1. The van der Waals surface area contributed by atoms with Gasteiger partial charge in [-0.25, -0.2) is 4.79 Å². The molecule has 110 valence electrons. The lowest BCUT2D eigenvalue weighted by Gasteiger charge is -2.19. The van der Waals surface area contributed by atoms with E-state index in [9.17, 15) is 9.59 Å². The van der Waals surface area contributed by atoms with Crippen molar-refractivity contribution >= 4 is 17.5 Å². The molecule has 0 saturated carbocycles. The van der Waals surface area contributed by atoms with Crippen molar-refractivity contribution in [1.29, 1.82) is 0 Å². The molecule has 4 rings (SSSR count). The zero-order chi connectivity index (χ0) is 14.4. The Morgan fingerprint density at radius 1 is 1.24 bits per heavy atom. The number of nitrogens with one attached hydrogen (secondary N) is 1. The van der Waals surface area contributed by atoms with Gasteiger partial charge in [-0.15, -0.1) is 0 Å². The Morgan fingerprint density at radius 2 is 2.00 bits per heavy atom. The molecule has 6 heteroatoms. The molecule has 2 atom stereocenters. The zero-order valence-electron chi connectivity index (χ0n) is 11.6. The first-order chi connectivity index (χ1) is 10.2. The van der Waals surface area contributed by atoms with Gasteiger partial charge in [0.2, 0.25) is 6.41 Å². The zero-order valence-corrected chi connectivity index (χ0v) is 11.6. The maximum atomic E-state index is 11.2. The summed E-state index contributed by atoms with van der Waals surface area (Å²) in [6, 6.07) is 5.85. The number of amides is 1. The minimum atomic E-state index is -0.410. The van der Waals surface area contributed by atoms with Gasteiger partial charge in [0.05, 0.1) is 5.52 Å². The van der Waals surface area contributed by atoms with Crippen LogP contribution in [-0.4, -0.2) is 47.4 Å². The van der Waals surface area contributed by atoms with Gasteiger partial charge in [-0.2, -0.15) is 0 Å². The first kappa shape index (κ1) is 12.6. The van der Waals surface area contributed by atoms with Crippen LogP contribution in [0, 0.1) is 11.8 Å². The minimum Gasteiger partial charge on any atom is -0.408 e. The highest BCUT2D eigenvalue weighted by atomic mass is 16.4. The first-order valence-corrected chi connectivity index (χ1v) is 7.25. The van der Waals surface area contributed by atoms with E-state index in [1.165, 1.54) is 0 Å². The predicted molar refractivity (Wildman–Crippen MR) is 76.7 cm³/mol. The fourth-order valence-corrected chi connectivity index (χ4v) is 3.69. The summed E-state index contributed by atoms with van der Waals surface area (Å²) in [5.74, 6) is 0.792. The normalized spacial score (nSPS) is 25.6. The average Bonchev–Trinajstić information content (AvgIpc) is 3.09. The summed E-state index contributed by atoms with van der Waals surface area (Å²) in [7, 11) is 0. The molecular formula is C15H17N3O3. The Balaban J connectivity index is 1.46. The number of carbonyl (C=O) groups is 1. The number of nitrogens with zero attached hydrogens (tertiary/aromatic N) is 2. The Bertz CT molecular complexity index is 721. The summed E-state index contributed by atoms with van der Waals surface area (Å²) in [6.45, 7) is 4.69. The van der Waals surface area contributed by atoms with E-state index in [0.29, 0.717) is 17.4 Å². The molecule has 0 bridgehead atoms. The van der Waals surface area contributed by atoms with Crippen molar-refractivity contribution in [2.24, 2.45) is 11.8 Å². The highest BCUT2D eigenvalue weighted by molar-refractivity contribution is 5.72. The predicted octanol–water partition coefficient (Wildman–Crippen LogP) is 0.641. The van der Waals surface area contributed by atoms with Gasteiger partial charge in [0, 0.05) is 32.7 Å². The molecule has 0 spiro atoms. The van der Waals surface area contributed by atoms with Gasteiger partial charge < -0.3 is 9.32 Å². The van der Waals surface area contributed by atoms with Gasteiger partial charge in [-0.05, 0) is 29.5 Å². The standard InChI is InChI=1S/C15H17N3O3/c19-9-18-7-11-5-17(6-12(11)8-18)4-10-1-2-13-14(3-10)21-15(20)16-13/h1-3,9,11-12H,4-8H2,(H,16,20). The molecule has 2 fully saturated rings. The van der Waals surface area contributed by atoms with Crippen LogP contribution in [-0.2, 0) is 11.3 Å². The molecule has 6 nitrogen and oxygen atoms in total. The van der Waals surface area contributed by atoms with Crippen LogP contribution in [0.5, 0.6) is 0 Å². The molecular weight excluding hydrogens is 270 g/mol. The number of benzene rings is 1. The highest BCUT2D eigenvalue weighted by Gasteiger charge is 2.39. The molecule has 2 unspecified atom stereocenters. The first-order valence-electron chi connectivity index (χ1n) is 7.25. The Kier molecular flexibility index (Phi) is 2.85. The lowest BCUT2D eigenvalue weighted by Crippen LogP contribution is -2.27. The van der Waals surface area contributed by atoms with Crippen LogP contribution in [0.4, 0.5) is 0 Å². The third kappa shape index (κ3) is 2.25. The third-order valence-electron chi connectivity index (χ3n) is 4.63. The number of hydrogen-bond acceptors (Lipinski definition) is 4. The van der Waals surface area contributed by atoms with Crippen LogP contribution in [0.25, 0.3) is 11.1 Å². The van der Waals surface area contributed by atoms with Gasteiger partial charge in [0.15, 0.2) is 5.58 Å². The number of rotatable bonds is 3. The molecule has 1 N–H and O–H groups in total. The van der Waals surface area contributed by atoms with Crippen LogP contribution >= 0.6 is 0 Å². The Morgan fingerprint density at radius 3 is 2.71 bits per heavy atom. The van der Waals surface area contributed by atoms with Crippen molar-refractivity contribution < 1.29 is 9.21 Å². The van der Waals surface area contributed by atoms with Crippen molar-refractivity contribution in [3.05, 3.63) is 34.3 Å². The third-order valence-corrected chi connectivity index (χ3v) is 4.63. The van der Waals surface area contributed by atoms with Crippen LogP contribution in [0.2, 0.25) is 0 Å². The lowest BCUT2D eigenvalue weighted by molar-refractivity contribution is -0.117. The van der Waals surface area contributed by atoms with Crippen LogP contribution < -0.4 is 5.76 Å². The summed E-state index contributed by atoms with van der Waals surface area (Å²) in [5, 5.41) is 0. The topological polar surface area (TPSA) is 69.6 Å². The summed E-state index contributed by atoms with van der Waals surface area (Å²) >= 11 is 0. The van der Waals surface area contributed by atoms with Crippen molar-refractivity contribution in [3.8, 4) is 0 Å². The molecule has 1 aromatic carbocycles. The molecule has 21 heavy (non-hydrogen) atoms. The summed E-state index contributed by atoms with van der Waals surface area (Å²) in [5.41, 5.74) is 2.50. The fraction of sp³-hybridized carbons (Fsp3) is 0.467. The second-order valence-electron chi connectivity index (χ2n) is 6.12. The number of likely N-dealkylation sites (tertiary alicyclic amines) is 2. The number of fused-ring (bicyclic) bond motifs is 2. The molecule has 2 saturated heterocycles. The number of H-pyrrole nitrogens is 1. The highest BCUT2D eigenvalue weighted by Crippen LogP contribution is 2.31. The van der Waals surface area contributed by atoms with Gasteiger partial charge >= 0.3 is 5.76 Å². The monoisotopic (exact) mass is 287 g/mol. The van der Waals surface area contributed by atoms with Crippen molar-refractivity contribution in [2.75, 3.05) is 26.2 Å². The maximum absolute atomic E-state index is 11.2. The van der Waals surface area contributed by atoms with E-state index >= 15 is 0 Å². The maximum Gasteiger partial charge on any atom is 0.417 e. The van der Waals surface area contributed by atoms with Gasteiger partial charge in [-0.3, -0.25) is 14.7 Å². The second kappa shape index (κ2) is 4.73.